The highest BCUT2D eigenvalue weighted by Gasteiger charge is 2.15. The molecule has 1 aliphatic rings. The van der Waals surface area contributed by atoms with Crippen LogP contribution in [0.1, 0.15) is 29.6 Å². The quantitative estimate of drug-likeness (QED) is 0.767. The average molecular weight is 266 g/mol. The molecule has 0 unspecified atom stereocenters. The predicted octanol–water partition coefficient (Wildman–Crippen LogP) is 2.31. The van der Waals surface area contributed by atoms with Gasteiger partial charge in [0.25, 0.3) is 0 Å². The summed E-state index contributed by atoms with van der Waals surface area (Å²) in [6.45, 7) is 1.84. The monoisotopic (exact) mass is 266 g/mol. The Kier molecular flexibility index (Phi) is 5.18. The van der Waals surface area contributed by atoms with Crippen LogP contribution in [0.2, 0.25) is 0 Å². The first-order chi connectivity index (χ1) is 9.27. The van der Waals surface area contributed by atoms with Crippen LogP contribution in [0.25, 0.3) is 0 Å². The predicted molar refractivity (Wildman–Crippen MR) is 68.4 cm³/mol. The maximum Gasteiger partial charge on any atom is 0.339 e. The van der Waals surface area contributed by atoms with Crippen molar-refractivity contribution in [1.29, 1.82) is 0 Å². The van der Waals surface area contributed by atoms with Crippen LogP contribution in [-0.4, -0.2) is 37.2 Å². The Morgan fingerprint density at radius 3 is 2.74 bits per heavy atom. The lowest BCUT2D eigenvalue weighted by Gasteiger charge is -2.10. The number of hydrogen-bond acceptors (Lipinski definition) is 4. The third kappa shape index (κ3) is 4.22. The van der Waals surface area contributed by atoms with Crippen LogP contribution in [0.4, 0.5) is 0 Å². The second kappa shape index (κ2) is 7.11. The second-order valence-electron chi connectivity index (χ2n) is 4.32. The Hall–Kier alpha value is -1.59. The van der Waals surface area contributed by atoms with E-state index in [1.807, 2.05) is 0 Å². The van der Waals surface area contributed by atoms with E-state index in [1.165, 1.54) is 6.07 Å². The summed E-state index contributed by atoms with van der Waals surface area (Å²) in [5.41, 5.74) is 0.199. The summed E-state index contributed by atoms with van der Waals surface area (Å²) < 4.78 is 16.2. The van der Waals surface area contributed by atoms with Crippen molar-refractivity contribution >= 4 is 5.97 Å². The van der Waals surface area contributed by atoms with Gasteiger partial charge >= 0.3 is 5.97 Å². The topological polar surface area (TPSA) is 65.0 Å². The molecule has 2 rings (SSSR count). The maximum absolute atomic E-state index is 11.0. The van der Waals surface area contributed by atoms with Gasteiger partial charge in [-0.3, -0.25) is 0 Å². The van der Waals surface area contributed by atoms with Crippen LogP contribution in [0.3, 0.4) is 0 Å². The Bertz CT molecular complexity index is 412. The van der Waals surface area contributed by atoms with E-state index < -0.39 is 5.97 Å². The molecule has 104 valence electrons. The molecule has 0 spiro atoms. The summed E-state index contributed by atoms with van der Waals surface area (Å²) in [5.74, 6) is -0.549. The lowest BCUT2D eigenvalue weighted by atomic mass is 10.2. The van der Waals surface area contributed by atoms with Gasteiger partial charge in [-0.15, -0.1) is 0 Å². The van der Waals surface area contributed by atoms with Crippen molar-refractivity contribution in [2.24, 2.45) is 0 Å². The Balaban J connectivity index is 1.69. The zero-order valence-corrected chi connectivity index (χ0v) is 10.7. The van der Waals surface area contributed by atoms with Crippen LogP contribution in [0.5, 0.6) is 5.75 Å². The zero-order valence-electron chi connectivity index (χ0n) is 10.7. The molecule has 1 fully saturated rings. The SMILES string of the molecule is O=C(O)c1ccccc1OCCCCC1OCCO1. The van der Waals surface area contributed by atoms with Gasteiger partial charge in [0.2, 0.25) is 0 Å². The van der Waals surface area contributed by atoms with Crippen molar-refractivity contribution in [1.82, 2.24) is 0 Å². The van der Waals surface area contributed by atoms with Gasteiger partial charge in [0.15, 0.2) is 6.29 Å². The lowest BCUT2D eigenvalue weighted by Crippen LogP contribution is -2.08. The number of hydrogen-bond donors (Lipinski definition) is 1. The molecular weight excluding hydrogens is 248 g/mol. The number of rotatable bonds is 7. The van der Waals surface area contributed by atoms with Gasteiger partial charge in [0.05, 0.1) is 19.8 Å². The van der Waals surface area contributed by atoms with Crippen LogP contribution < -0.4 is 4.74 Å². The van der Waals surface area contributed by atoms with Gasteiger partial charge in [-0.25, -0.2) is 4.79 Å². The fraction of sp³-hybridized carbons (Fsp3) is 0.500. The Morgan fingerprint density at radius 1 is 1.26 bits per heavy atom. The fourth-order valence-electron chi connectivity index (χ4n) is 1.94. The standard InChI is InChI=1S/C14H18O5/c15-14(16)11-5-1-2-6-12(11)17-8-4-3-7-13-18-9-10-19-13/h1-2,5-6,13H,3-4,7-10H2,(H,15,16). The minimum absolute atomic E-state index is 0.0775. The van der Waals surface area contributed by atoms with Crippen LogP contribution >= 0.6 is 0 Å². The van der Waals surface area contributed by atoms with Gasteiger partial charge in [-0.1, -0.05) is 12.1 Å². The molecule has 0 amide bonds. The number of para-hydroxylation sites is 1. The molecule has 0 saturated carbocycles. The first kappa shape index (κ1) is 13.8. The molecule has 1 aromatic carbocycles. The highest BCUT2D eigenvalue weighted by Crippen LogP contribution is 2.18. The van der Waals surface area contributed by atoms with Crippen molar-refractivity contribution in [3.8, 4) is 5.75 Å². The number of carboxylic acids is 1. The molecule has 0 aromatic heterocycles. The highest BCUT2D eigenvalue weighted by molar-refractivity contribution is 5.90. The largest absolute Gasteiger partial charge is 0.493 e. The summed E-state index contributed by atoms with van der Waals surface area (Å²) >= 11 is 0. The minimum Gasteiger partial charge on any atom is -0.493 e. The molecule has 0 aliphatic carbocycles. The highest BCUT2D eigenvalue weighted by atomic mass is 16.7. The van der Waals surface area contributed by atoms with E-state index in [4.69, 9.17) is 19.3 Å². The molecule has 1 saturated heterocycles. The molecule has 1 heterocycles. The van der Waals surface area contributed by atoms with E-state index in [0.29, 0.717) is 25.6 Å². The summed E-state index contributed by atoms with van der Waals surface area (Å²) in [7, 11) is 0. The molecule has 19 heavy (non-hydrogen) atoms. The van der Waals surface area contributed by atoms with Crippen molar-refractivity contribution in [2.45, 2.75) is 25.6 Å². The number of benzene rings is 1. The van der Waals surface area contributed by atoms with E-state index in [0.717, 1.165) is 19.3 Å². The van der Waals surface area contributed by atoms with E-state index in [2.05, 4.69) is 0 Å². The number of unbranched alkanes of at least 4 members (excludes halogenated alkanes) is 1. The normalized spacial score (nSPS) is 15.6. The minimum atomic E-state index is -0.969. The van der Waals surface area contributed by atoms with Crippen LogP contribution in [0.15, 0.2) is 24.3 Å². The van der Waals surface area contributed by atoms with Crippen molar-refractivity contribution in [2.75, 3.05) is 19.8 Å². The van der Waals surface area contributed by atoms with Crippen molar-refractivity contribution < 1.29 is 24.1 Å². The third-order valence-electron chi connectivity index (χ3n) is 2.90. The number of carbonyl (C=O) groups is 1. The first-order valence-corrected chi connectivity index (χ1v) is 6.45. The first-order valence-electron chi connectivity index (χ1n) is 6.45. The molecular formula is C14H18O5. The summed E-state index contributed by atoms with van der Waals surface area (Å²) in [6.07, 6.45) is 2.55. The van der Waals surface area contributed by atoms with Gasteiger partial charge in [0.1, 0.15) is 11.3 Å². The maximum atomic E-state index is 11.0. The zero-order chi connectivity index (χ0) is 13.5. The Morgan fingerprint density at radius 2 is 2.00 bits per heavy atom. The fourth-order valence-corrected chi connectivity index (χ4v) is 1.94. The van der Waals surface area contributed by atoms with Gasteiger partial charge < -0.3 is 19.3 Å². The smallest absolute Gasteiger partial charge is 0.339 e. The summed E-state index contributed by atoms with van der Waals surface area (Å²) in [5, 5.41) is 9.00. The van der Waals surface area contributed by atoms with Crippen LogP contribution in [-0.2, 0) is 9.47 Å². The lowest BCUT2D eigenvalue weighted by molar-refractivity contribution is -0.0482. The molecule has 1 aliphatic heterocycles. The van der Waals surface area contributed by atoms with Crippen molar-refractivity contribution in [3.05, 3.63) is 29.8 Å². The van der Waals surface area contributed by atoms with E-state index in [9.17, 15) is 4.79 Å². The van der Waals surface area contributed by atoms with Crippen LogP contribution in [0, 0.1) is 0 Å². The summed E-state index contributed by atoms with van der Waals surface area (Å²) in [6, 6.07) is 6.66. The van der Waals surface area contributed by atoms with E-state index >= 15 is 0 Å². The number of ether oxygens (including phenoxy) is 3. The number of aromatic carboxylic acids is 1. The van der Waals surface area contributed by atoms with E-state index in [-0.39, 0.29) is 11.9 Å². The molecule has 1 N–H and O–H groups in total. The molecule has 0 radical (unpaired) electrons. The molecule has 1 aromatic rings. The molecule has 5 heteroatoms. The van der Waals surface area contributed by atoms with Gasteiger partial charge in [-0.2, -0.15) is 0 Å². The van der Waals surface area contributed by atoms with Crippen molar-refractivity contribution in [3.63, 3.8) is 0 Å². The molecule has 0 bridgehead atoms. The molecule has 5 nitrogen and oxygen atoms in total. The third-order valence-corrected chi connectivity index (χ3v) is 2.90. The second-order valence-corrected chi connectivity index (χ2v) is 4.32. The summed E-state index contributed by atoms with van der Waals surface area (Å²) in [4.78, 5) is 11.0. The van der Waals surface area contributed by atoms with Gasteiger partial charge in [-0.05, 0) is 31.4 Å². The van der Waals surface area contributed by atoms with Gasteiger partial charge in [0, 0.05) is 0 Å². The number of carboxylic acid groups (broad SMARTS) is 1. The average Bonchev–Trinajstić information content (AvgIpc) is 2.92. The molecule has 0 atom stereocenters. The Labute approximate surface area is 112 Å². The van der Waals surface area contributed by atoms with E-state index in [1.54, 1.807) is 18.2 Å².